The highest BCUT2D eigenvalue weighted by atomic mass is 35.5. The molecule has 0 aromatic heterocycles. The smallest absolute Gasteiger partial charge is 0.408 e. The van der Waals surface area contributed by atoms with E-state index in [1.165, 1.54) is 17.5 Å². The van der Waals surface area contributed by atoms with E-state index in [0.717, 1.165) is 44.1 Å². The third-order valence-corrected chi connectivity index (χ3v) is 8.33. The number of nitrogens with one attached hydrogen (secondary N) is 2. The number of alkyl carbamates (subject to hydrolysis) is 1. The number of hydrogen-bond donors (Lipinski definition) is 2. The molecular formula is C32H40ClN3O5. The zero-order chi connectivity index (χ0) is 29.0. The Hall–Kier alpha value is -3.39. The predicted octanol–water partition coefficient (Wildman–Crippen LogP) is 5.00. The van der Waals surface area contributed by atoms with Crippen LogP contribution in [0.2, 0.25) is 5.02 Å². The maximum atomic E-state index is 13.3. The van der Waals surface area contributed by atoms with E-state index in [1.54, 1.807) is 24.3 Å². The summed E-state index contributed by atoms with van der Waals surface area (Å²) < 4.78 is 5.36. The summed E-state index contributed by atoms with van der Waals surface area (Å²) in [5.74, 6) is -0.165. The molecule has 2 aliphatic rings. The van der Waals surface area contributed by atoms with Crippen LogP contribution in [-0.4, -0.2) is 54.3 Å². The first kappa shape index (κ1) is 30.6. The fourth-order valence-electron chi connectivity index (χ4n) is 5.76. The van der Waals surface area contributed by atoms with E-state index in [0.29, 0.717) is 36.7 Å². The van der Waals surface area contributed by atoms with Gasteiger partial charge in [0.1, 0.15) is 18.9 Å². The van der Waals surface area contributed by atoms with Crippen molar-refractivity contribution in [3.05, 3.63) is 70.2 Å². The van der Waals surface area contributed by atoms with Crippen molar-refractivity contribution in [3.63, 3.8) is 0 Å². The highest BCUT2D eigenvalue weighted by Crippen LogP contribution is 2.27. The molecule has 8 nitrogen and oxygen atoms in total. The van der Waals surface area contributed by atoms with Crippen molar-refractivity contribution in [3.8, 4) is 0 Å². The lowest BCUT2D eigenvalue weighted by atomic mass is 9.84. The number of ether oxygens (including phenoxy) is 1. The summed E-state index contributed by atoms with van der Waals surface area (Å²) >= 11 is 6.01. The Balaban J connectivity index is 1.30. The molecule has 3 amide bonds. The number of amides is 3. The maximum absolute atomic E-state index is 13.3. The molecule has 2 N–H and O–H groups in total. The lowest BCUT2D eigenvalue weighted by Crippen LogP contribution is -2.51. The first-order chi connectivity index (χ1) is 19.9. The maximum Gasteiger partial charge on any atom is 0.408 e. The molecule has 220 valence electrons. The topological polar surface area (TPSA) is 105 Å². The van der Waals surface area contributed by atoms with Gasteiger partial charge >= 0.3 is 6.09 Å². The van der Waals surface area contributed by atoms with E-state index >= 15 is 0 Å². The lowest BCUT2D eigenvalue weighted by Gasteiger charge is -2.27. The summed E-state index contributed by atoms with van der Waals surface area (Å²) in [6.45, 7) is 1.29. The standard InChI is InChI=1S/C32H40ClN3O5/c33-27-12-6-9-24(19-27)22-41-32(40)35-29(20-23-7-2-1-3-8-23)31(39)34-28(21-37)13-14-30(38)36-17-15-25-10-4-5-11-26(25)16-18-36/h4-6,9-12,19,21,23,28-29H,1-3,7-8,13-18,20,22H2,(H,34,39)(H,35,40)/t28-,29-/m1/s1. The molecule has 1 aliphatic carbocycles. The summed E-state index contributed by atoms with van der Waals surface area (Å²) in [5.41, 5.74) is 3.27. The molecule has 2 aromatic rings. The molecule has 0 bridgehead atoms. The number of aldehydes is 1. The minimum absolute atomic E-state index is 0.0187. The Morgan fingerprint density at radius 1 is 0.976 bits per heavy atom. The van der Waals surface area contributed by atoms with Gasteiger partial charge in [-0.05, 0) is 60.4 Å². The van der Waals surface area contributed by atoms with Crippen molar-refractivity contribution in [2.45, 2.75) is 82.9 Å². The molecule has 0 spiro atoms. The van der Waals surface area contributed by atoms with Crippen molar-refractivity contribution in [1.82, 2.24) is 15.5 Å². The highest BCUT2D eigenvalue weighted by molar-refractivity contribution is 6.30. The summed E-state index contributed by atoms with van der Waals surface area (Å²) in [6, 6.07) is 13.6. The molecule has 0 radical (unpaired) electrons. The van der Waals surface area contributed by atoms with Gasteiger partial charge in [0.15, 0.2) is 0 Å². The van der Waals surface area contributed by atoms with E-state index in [-0.39, 0.29) is 25.4 Å². The van der Waals surface area contributed by atoms with Gasteiger partial charge in [-0.1, -0.05) is 80.1 Å². The second-order valence-electron chi connectivity index (χ2n) is 11.1. The molecule has 1 heterocycles. The van der Waals surface area contributed by atoms with Crippen molar-refractivity contribution in [1.29, 1.82) is 0 Å². The van der Waals surface area contributed by atoms with Gasteiger partial charge in [0, 0.05) is 24.5 Å². The molecule has 2 aromatic carbocycles. The first-order valence-electron chi connectivity index (χ1n) is 14.7. The Morgan fingerprint density at radius 3 is 2.34 bits per heavy atom. The molecular weight excluding hydrogens is 542 g/mol. The Kier molecular flexibility index (Phi) is 11.6. The minimum Gasteiger partial charge on any atom is -0.445 e. The number of nitrogens with zero attached hydrogens (tertiary/aromatic N) is 1. The summed E-state index contributed by atoms with van der Waals surface area (Å²) in [4.78, 5) is 52.7. The normalized spacial score (nSPS) is 17.0. The third kappa shape index (κ3) is 9.59. The number of carbonyl (C=O) groups is 4. The van der Waals surface area contributed by atoms with Crippen LogP contribution in [0.25, 0.3) is 0 Å². The van der Waals surface area contributed by atoms with Crippen molar-refractivity contribution in [2.75, 3.05) is 13.1 Å². The number of hydrogen-bond acceptors (Lipinski definition) is 5. The SMILES string of the molecule is O=C[C@@H](CCC(=O)N1CCc2ccccc2CC1)NC(=O)[C@@H](CC1CCCCC1)NC(=O)OCc1cccc(Cl)c1. The average Bonchev–Trinajstić information content (AvgIpc) is 3.21. The van der Waals surface area contributed by atoms with Gasteiger partial charge in [0.25, 0.3) is 0 Å². The number of benzene rings is 2. The second kappa shape index (κ2) is 15.6. The average molecular weight is 582 g/mol. The minimum atomic E-state index is -0.841. The molecule has 1 fully saturated rings. The van der Waals surface area contributed by atoms with Gasteiger partial charge in [-0.15, -0.1) is 0 Å². The highest BCUT2D eigenvalue weighted by Gasteiger charge is 2.28. The first-order valence-corrected chi connectivity index (χ1v) is 15.1. The second-order valence-corrected chi connectivity index (χ2v) is 11.5. The molecule has 0 unspecified atom stereocenters. The van der Waals surface area contributed by atoms with Crippen LogP contribution < -0.4 is 10.6 Å². The molecule has 1 saturated carbocycles. The third-order valence-electron chi connectivity index (χ3n) is 8.10. The van der Waals surface area contributed by atoms with E-state index in [1.807, 2.05) is 17.0 Å². The van der Waals surface area contributed by atoms with Crippen molar-refractivity contribution >= 4 is 35.8 Å². The lowest BCUT2D eigenvalue weighted by molar-refractivity contribution is -0.132. The van der Waals surface area contributed by atoms with E-state index < -0.39 is 24.1 Å². The molecule has 4 rings (SSSR count). The van der Waals surface area contributed by atoms with Gasteiger partial charge in [-0.2, -0.15) is 0 Å². The predicted molar refractivity (Wildman–Crippen MR) is 157 cm³/mol. The summed E-state index contributed by atoms with van der Waals surface area (Å²) in [7, 11) is 0. The van der Waals surface area contributed by atoms with Crippen LogP contribution in [0.4, 0.5) is 4.79 Å². The Morgan fingerprint density at radius 2 is 1.68 bits per heavy atom. The zero-order valence-electron chi connectivity index (χ0n) is 23.5. The quantitative estimate of drug-likeness (QED) is 0.364. The molecule has 2 atom stereocenters. The fourth-order valence-corrected chi connectivity index (χ4v) is 5.97. The molecule has 1 aliphatic heterocycles. The van der Waals surface area contributed by atoms with E-state index in [4.69, 9.17) is 16.3 Å². The van der Waals surface area contributed by atoms with Crippen LogP contribution in [-0.2, 0) is 38.6 Å². The van der Waals surface area contributed by atoms with Gasteiger partial charge < -0.3 is 25.1 Å². The van der Waals surface area contributed by atoms with Gasteiger partial charge in [0.2, 0.25) is 11.8 Å². The van der Waals surface area contributed by atoms with Crippen LogP contribution in [0.15, 0.2) is 48.5 Å². The molecule has 41 heavy (non-hydrogen) atoms. The summed E-state index contributed by atoms with van der Waals surface area (Å²) in [5, 5.41) is 6.02. The zero-order valence-corrected chi connectivity index (χ0v) is 24.2. The van der Waals surface area contributed by atoms with Gasteiger partial charge in [-0.25, -0.2) is 4.79 Å². The Labute approximate surface area is 247 Å². The van der Waals surface area contributed by atoms with E-state index in [2.05, 4.69) is 22.8 Å². The van der Waals surface area contributed by atoms with Crippen molar-refractivity contribution < 1.29 is 23.9 Å². The summed E-state index contributed by atoms with van der Waals surface area (Å²) in [6.07, 6.45) is 7.74. The van der Waals surface area contributed by atoms with E-state index in [9.17, 15) is 19.2 Å². The fraction of sp³-hybridized carbons (Fsp3) is 0.500. The van der Waals surface area contributed by atoms with Crippen molar-refractivity contribution in [2.24, 2.45) is 5.92 Å². The number of carbonyl (C=O) groups excluding carboxylic acids is 4. The van der Waals surface area contributed by atoms with Crippen LogP contribution in [0.5, 0.6) is 0 Å². The number of halogens is 1. The molecule has 0 saturated heterocycles. The van der Waals surface area contributed by atoms with Crippen LogP contribution in [0.1, 0.15) is 68.1 Å². The van der Waals surface area contributed by atoms with Gasteiger partial charge in [-0.3, -0.25) is 9.59 Å². The van der Waals surface area contributed by atoms with Crippen LogP contribution in [0.3, 0.4) is 0 Å². The largest absolute Gasteiger partial charge is 0.445 e. The molecule has 9 heteroatoms. The van der Waals surface area contributed by atoms with Gasteiger partial charge in [0.05, 0.1) is 6.04 Å². The Bertz CT molecular complexity index is 1170. The monoisotopic (exact) mass is 581 g/mol. The van der Waals surface area contributed by atoms with Crippen LogP contribution >= 0.6 is 11.6 Å². The number of fused-ring (bicyclic) bond motifs is 1. The number of rotatable bonds is 11. The van der Waals surface area contributed by atoms with Crippen LogP contribution in [0, 0.1) is 5.92 Å².